The van der Waals surface area contributed by atoms with Crippen LogP contribution in [0.5, 0.6) is 0 Å². The van der Waals surface area contributed by atoms with Crippen molar-refractivity contribution in [1.29, 1.82) is 0 Å². The Hall–Kier alpha value is -2.54. The standard InChI is InChI=1S/C22H19N/c1-2-23-21-10-6-5-9-19(21)20-13-17-11-15-7-3-4-8-16(15)12-18(17)14-22(20)23/h3-10,13-14H,2,11-12H2,1H3. The van der Waals surface area contributed by atoms with E-state index in [9.17, 15) is 0 Å². The highest BCUT2D eigenvalue weighted by Crippen LogP contribution is 2.35. The minimum Gasteiger partial charge on any atom is -0.341 e. The fourth-order valence-electron chi connectivity index (χ4n) is 4.16. The average molecular weight is 297 g/mol. The summed E-state index contributed by atoms with van der Waals surface area (Å²) in [7, 11) is 0. The first-order valence-corrected chi connectivity index (χ1v) is 8.44. The fourth-order valence-corrected chi connectivity index (χ4v) is 4.16. The largest absolute Gasteiger partial charge is 0.341 e. The zero-order chi connectivity index (χ0) is 15.4. The van der Waals surface area contributed by atoms with Crippen molar-refractivity contribution >= 4 is 21.8 Å². The van der Waals surface area contributed by atoms with Crippen LogP contribution in [0.25, 0.3) is 21.8 Å². The minimum atomic E-state index is 1.01. The number of rotatable bonds is 1. The lowest BCUT2D eigenvalue weighted by Crippen LogP contribution is -2.07. The van der Waals surface area contributed by atoms with Crippen LogP contribution in [0.2, 0.25) is 0 Å². The summed E-state index contributed by atoms with van der Waals surface area (Å²) in [6.45, 7) is 3.25. The Kier molecular flexibility index (Phi) is 2.66. The molecular formula is C22H19N. The Morgan fingerprint density at radius 3 is 2.09 bits per heavy atom. The Bertz CT molecular complexity index is 1050. The van der Waals surface area contributed by atoms with E-state index in [1.165, 1.54) is 44.1 Å². The molecule has 0 amide bonds. The lowest BCUT2D eigenvalue weighted by Gasteiger charge is -2.20. The zero-order valence-electron chi connectivity index (χ0n) is 13.3. The molecule has 1 aliphatic rings. The molecule has 4 aromatic rings. The third-order valence-corrected chi connectivity index (χ3v) is 5.29. The van der Waals surface area contributed by atoms with E-state index in [0.717, 1.165) is 19.4 Å². The number of aryl methyl sites for hydroxylation is 1. The van der Waals surface area contributed by atoms with Gasteiger partial charge in [0.1, 0.15) is 0 Å². The molecule has 1 aliphatic carbocycles. The van der Waals surface area contributed by atoms with Crippen LogP contribution in [0.1, 0.15) is 29.2 Å². The molecule has 0 bridgehead atoms. The molecule has 0 spiro atoms. The van der Waals surface area contributed by atoms with Gasteiger partial charge in [0.15, 0.2) is 0 Å². The van der Waals surface area contributed by atoms with E-state index in [0.29, 0.717) is 0 Å². The zero-order valence-corrected chi connectivity index (χ0v) is 13.3. The lowest BCUT2D eigenvalue weighted by molar-refractivity contribution is 0.826. The molecule has 0 aliphatic heterocycles. The molecular weight excluding hydrogens is 278 g/mol. The molecule has 1 nitrogen and oxygen atoms in total. The number of aromatic nitrogens is 1. The number of nitrogens with zero attached hydrogens (tertiary/aromatic N) is 1. The molecule has 0 N–H and O–H groups in total. The Balaban J connectivity index is 1.82. The van der Waals surface area contributed by atoms with E-state index in [1.807, 2.05) is 0 Å². The van der Waals surface area contributed by atoms with Crippen molar-refractivity contribution in [3.05, 3.63) is 82.9 Å². The highest BCUT2D eigenvalue weighted by atomic mass is 15.0. The lowest BCUT2D eigenvalue weighted by atomic mass is 9.85. The van der Waals surface area contributed by atoms with Gasteiger partial charge in [-0.2, -0.15) is 0 Å². The van der Waals surface area contributed by atoms with E-state index in [2.05, 4.69) is 72.2 Å². The second-order valence-electron chi connectivity index (χ2n) is 6.52. The Labute approximate surface area is 136 Å². The van der Waals surface area contributed by atoms with Gasteiger partial charge in [-0.1, -0.05) is 42.5 Å². The Morgan fingerprint density at radius 1 is 0.696 bits per heavy atom. The molecule has 1 heterocycles. The first kappa shape index (κ1) is 13.0. The van der Waals surface area contributed by atoms with Crippen molar-refractivity contribution in [2.24, 2.45) is 0 Å². The second-order valence-corrected chi connectivity index (χ2v) is 6.52. The van der Waals surface area contributed by atoms with Gasteiger partial charge in [0.25, 0.3) is 0 Å². The van der Waals surface area contributed by atoms with E-state index in [1.54, 1.807) is 0 Å². The van der Waals surface area contributed by atoms with E-state index in [-0.39, 0.29) is 0 Å². The van der Waals surface area contributed by atoms with Crippen molar-refractivity contribution in [2.75, 3.05) is 0 Å². The average Bonchev–Trinajstić information content (AvgIpc) is 2.90. The third-order valence-electron chi connectivity index (χ3n) is 5.29. The summed E-state index contributed by atoms with van der Waals surface area (Å²) in [6.07, 6.45) is 2.12. The number of benzene rings is 3. The van der Waals surface area contributed by atoms with Gasteiger partial charge < -0.3 is 4.57 Å². The first-order chi connectivity index (χ1) is 11.3. The van der Waals surface area contributed by atoms with Crippen LogP contribution in [0, 0.1) is 0 Å². The molecule has 3 aromatic carbocycles. The fraction of sp³-hybridized carbons (Fsp3) is 0.182. The molecule has 23 heavy (non-hydrogen) atoms. The highest BCUT2D eigenvalue weighted by molar-refractivity contribution is 6.08. The maximum absolute atomic E-state index is 2.45. The Morgan fingerprint density at radius 2 is 1.35 bits per heavy atom. The van der Waals surface area contributed by atoms with Crippen LogP contribution < -0.4 is 0 Å². The molecule has 1 aromatic heterocycles. The van der Waals surface area contributed by atoms with Crippen LogP contribution in [0.15, 0.2) is 60.7 Å². The van der Waals surface area contributed by atoms with Gasteiger partial charge in [-0.25, -0.2) is 0 Å². The highest BCUT2D eigenvalue weighted by Gasteiger charge is 2.18. The second kappa shape index (κ2) is 4.73. The van der Waals surface area contributed by atoms with Crippen molar-refractivity contribution in [2.45, 2.75) is 26.3 Å². The summed E-state index contributed by atoms with van der Waals surface area (Å²) in [6, 6.07) is 22.5. The molecule has 5 rings (SSSR count). The predicted octanol–water partition coefficient (Wildman–Crippen LogP) is 5.31. The van der Waals surface area contributed by atoms with Crippen molar-refractivity contribution in [3.63, 3.8) is 0 Å². The third kappa shape index (κ3) is 1.80. The predicted molar refractivity (Wildman–Crippen MR) is 97.2 cm³/mol. The topological polar surface area (TPSA) is 4.93 Å². The van der Waals surface area contributed by atoms with Gasteiger partial charge in [-0.15, -0.1) is 0 Å². The molecule has 0 unspecified atom stereocenters. The van der Waals surface area contributed by atoms with E-state index < -0.39 is 0 Å². The van der Waals surface area contributed by atoms with Gasteiger partial charge in [0, 0.05) is 28.4 Å². The van der Waals surface area contributed by atoms with Crippen LogP contribution in [0.3, 0.4) is 0 Å². The molecule has 0 atom stereocenters. The summed E-state index contributed by atoms with van der Waals surface area (Å²) in [5.41, 5.74) is 8.69. The number of fused-ring (bicyclic) bond motifs is 5. The summed E-state index contributed by atoms with van der Waals surface area (Å²) in [4.78, 5) is 0. The maximum Gasteiger partial charge on any atom is 0.0494 e. The van der Waals surface area contributed by atoms with Gasteiger partial charge in [-0.05, 0) is 60.2 Å². The van der Waals surface area contributed by atoms with Gasteiger partial charge in [-0.3, -0.25) is 0 Å². The van der Waals surface area contributed by atoms with Crippen molar-refractivity contribution < 1.29 is 0 Å². The molecule has 1 heteroatoms. The first-order valence-electron chi connectivity index (χ1n) is 8.44. The normalized spacial score (nSPS) is 13.3. The maximum atomic E-state index is 2.45. The van der Waals surface area contributed by atoms with E-state index in [4.69, 9.17) is 0 Å². The van der Waals surface area contributed by atoms with Gasteiger partial charge in [0.05, 0.1) is 0 Å². The van der Waals surface area contributed by atoms with Crippen LogP contribution >= 0.6 is 0 Å². The van der Waals surface area contributed by atoms with Gasteiger partial charge in [0.2, 0.25) is 0 Å². The van der Waals surface area contributed by atoms with Crippen LogP contribution in [-0.4, -0.2) is 4.57 Å². The van der Waals surface area contributed by atoms with Crippen LogP contribution in [-0.2, 0) is 19.4 Å². The molecule has 112 valence electrons. The smallest absolute Gasteiger partial charge is 0.0494 e. The molecule has 0 fully saturated rings. The quantitative estimate of drug-likeness (QED) is 0.395. The van der Waals surface area contributed by atoms with Crippen molar-refractivity contribution in [1.82, 2.24) is 4.57 Å². The number of hydrogen-bond acceptors (Lipinski definition) is 0. The van der Waals surface area contributed by atoms with E-state index >= 15 is 0 Å². The summed E-state index contributed by atoms with van der Waals surface area (Å²) >= 11 is 0. The number of hydrogen-bond donors (Lipinski definition) is 0. The van der Waals surface area contributed by atoms with Crippen molar-refractivity contribution in [3.8, 4) is 0 Å². The number of para-hydroxylation sites is 1. The van der Waals surface area contributed by atoms with Crippen LogP contribution in [0.4, 0.5) is 0 Å². The van der Waals surface area contributed by atoms with Gasteiger partial charge >= 0.3 is 0 Å². The molecule has 0 radical (unpaired) electrons. The summed E-state index contributed by atoms with van der Waals surface area (Å²) < 4.78 is 2.45. The SMILES string of the molecule is CCn1c2ccccc2c2cc3c(cc21)Cc1ccccc1C3. The molecule has 0 saturated carbocycles. The summed E-state index contributed by atoms with van der Waals surface area (Å²) in [5, 5.41) is 2.78. The monoisotopic (exact) mass is 297 g/mol. The molecule has 0 saturated heterocycles. The minimum absolute atomic E-state index is 1.01. The summed E-state index contributed by atoms with van der Waals surface area (Å²) in [5.74, 6) is 0.